The number of nitrogens with two attached hydrogens (primary N) is 1. The van der Waals surface area contributed by atoms with Gasteiger partial charge < -0.3 is 9.30 Å². The number of hydrogen-bond donors (Lipinski definition) is 2. The summed E-state index contributed by atoms with van der Waals surface area (Å²) in [4.78, 5) is 4.33. The zero-order valence-electron chi connectivity index (χ0n) is 11.3. The number of aromatic nitrogens is 2. The van der Waals surface area contributed by atoms with Crippen molar-refractivity contribution in [2.45, 2.75) is 19.4 Å². The summed E-state index contributed by atoms with van der Waals surface area (Å²) in [6, 6.07) is 7.77. The molecule has 19 heavy (non-hydrogen) atoms. The van der Waals surface area contributed by atoms with Gasteiger partial charge in [-0.25, -0.2) is 10.4 Å². The van der Waals surface area contributed by atoms with Crippen LogP contribution in [-0.2, 0) is 7.05 Å². The molecule has 0 spiro atoms. The number of ether oxygens (including phenoxy) is 1. The molecule has 1 aromatic carbocycles. The highest BCUT2D eigenvalue weighted by atomic mass is 16.5. The van der Waals surface area contributed by atoms with Crippen molar-refractivity contribution in [3.8, 4) is 5.75 Å². The van der Waals surface area contributed by atoms with Crippen LogP contribution in [0.5, 0.6) is 5.75 Å². The molecule has 0 fully saturated rings. The highest BCUT2D eigenvalue weighted by Gasteiger charge is 2.17. The fourth-order valence-corrected chi connectivity index (χ4v) is 1.98. The van der Waals surface area contributed by atoms with Crippen molar-refractivity contribution in [1.82, 2.24) is 15.0 Å². The van der Waals surface area contributed by atoms with Crippen molar-refractivity contribution in [3.63, 3.8) is 0 Å². The number of hydrogen-bond acceptors (Lipinski definition) is 4. The van der Waals surface area contributed by atoms with Crippen LogP contribution in [0.15, 0.2) is 36.7 Å². The summed E-state index contributed by atoms with van der Waals surface area (Å²) in [6.07, 6.45) is 4.65. The molecule has 0 bridgehead atoms. The van der Waals surface area contributed by atoms with Crippen molar-refractivity contribution in [2.24, 2.45) is 12.9 Å². The van der Waals surface area contributed by atoms with Gasteiger partial charge in [-0.05, 0) is 24.1 Å². The maximum atomic E-state index is 5.67. The summed E-state index contributed by atoms with van der Waals surface area (Å²) in [6.45, 7) is 2.80. The summed E-state index contributed by atoms with van der Waals surface area (Å²) >= 11 is 0. The second kappa shape index (κ2) is 6.36. The third-order valence-electron chi connectivity index (χ3n) is 2.95. The Hall–Kier alpha value is -1.85. The third kappa shape index (κ3) is 3.13. The van der Waals surface area contributed by atoms with Gasteiger partial charge in [0.2, 0.25) is 0 Å². The molecule has 1 atom stereocenters. The monoisotopic (exact) mass is 260 g/mol. The van der Waals surface area contributed by atoms with Gasteiger partial charge in [-0.1, -0.05) is 19.1 Å². The number of benzene rings is 1. The van der Waals surface area contributed by atoms with E-state index in [-0.39, 0.29) is 6.04 Å². The van der Waals surface area contributed by atoms with Crippen molar-refractivity contribution >= 4 is 0 Å². The third-order valence-corrected chi connectivity index (χ3v) is 2.95. The Morgan fingerprint density at radius 3 is 2.95 bits per heavy atom. The SMILES string of the molecule is CCCOc1cccc(C(NN)c2nccn2C)c1. The zero-order valence-corrected chi connectivity index (χ0v) is 11.3. The minimum atomic E-state index is -0.148. The molecule has 0 saturated heterocycles. The lowest BCUT2D eigenvalue weighted by Crippen LogP contribution is -2.30. The average molecular weight is 260 g/mol. The average Bonchev–Trinajstić information content (AvgIpc) is 2.84. The number of aryl methyl sites for hydroxylation is 1. The van der Waals surface area contributed by atoms with Crippen molar-refractivity contribution in [3.05, 3.63) is 48.0 Å². The van der Waals surface area contributed by atoms with E-state index in [9.17, 15) is 0 Å². The van der Waals surface area contributed by atoms with Crippen molar-refractivity contribution < 1.29 is 4.74 Å². The van der Waals surface area contributed by atoms with Gasteiger partial charge in [-0.2, -0.15) is 0 Å². The highest BCUT2D eigenvalue weighted by Crippen LogP contribution is 2.23. The lowest BCUT2D eigenvalue weighted by molar-refractivity contribution is 0.317. The zero-order chi connectivity index (χ0) is 13.7. The van der Waals surface area contributed by atoms with E-state index < -0.39 is 0 Å². The van der Waals surface area contributed by atoms with E-state index >= 15 is 0 Å². The predicted octanol–water partition coefficient (Wildman–Crippen LogP) is 1.76. The fourth-order valence-electron chi connectivity index (χ4n) is 1.98. The molecule has 102 valence electrons. The highest BCUT2D eigenvalue weighted by molar-refractivity contribution is 5.33. The normalized spacial score (nSPS) is 12.4. The first-order chi connectivity index (χ1) is 9.26. The minimum Gasteiger partial charge on any atom is -0.494 e. The Kier molecular flexibility index (Phi) is 4.54. The first kappa shape index (κ1) is 13.6. The molecule has 0 radical (unpaired) electrons. The number of nitrogens with zero attached hydrogens (tertiary/aromatic N) is 2. The predicted molar refractivity (Wildman–Crippen MR) is 74.6 cm³/mol. The number of nitrogens with one attached hydrogen (secondary N) is 1. The summed E-state index contributed by atoms with van der Waals surface area (Å²) < 4.78 is 7.59. The van der Waals surface area contributed by atoms with Crippen LogP contribution in [0, 0.1) is 0 Å². The minimum absolute atomic E-state index is 0.148. The second-order valence-corrected chi connectivity index (χ2v) is 4.42. The van der Waals surface area contributed by atoms with Gasteiger partial charge in [0.15, 0.2) is 0 Å². The van der Waals surface area contributed by atoms with Gasteiger partial charge >= 0.3 is 0 Å². The van der Waals surface area contributed by atoms with Crippen molar-refractivity contribution in [1.29, 1.82) is 0 Å². The van der Waals surface area contributed by atoms with E-state index in [2.05, 4.69) is 17.3 Å². The Morgan fingerprint density at radius 1 is 1.47 bits per heavy atom. The standard InChI is InChI=1S/C14H20N4O/c1-3-9-19-12-6-4-5-11(10-12)13(17-15)14-16-7-8-18(14)2/h4-8,10,13,17H,3,9,15H2,1-2H3. The number of imidazole rings is 1. The van der Waals surface area contributed by atoms with Gasteiger partial charge in [0, 0.05) is 19.4 Å². The molecule has 3 N–H and O–H groups in total. The molecule has 2 aromatic rings. The number of hydrazine groups is 1. The Balaban J connectivity index is 2.26. The van der Waals surface area contributed by atoms with Crippen LogP contribution < -0.4 is 16.0 Å². The lowest BCUT2D eigenvalue weighted by Gasteiger charge is -2.17. The van der Waals surface area contributed by atoms with E-state index in [0.717, 1.165) is 23.6 Å². The van der Waals surface area contributed by atoms with Gasteiger partial charge in [0.25, 0.3) is 0 Å². The summed E-state index contributed by atoms with van der Waals surface area (Å²) in [5.74, 6) is 7.40. The lowest BCUT2D eigenvalue weighted by atomic mass is 10.1. The van der Waals surface area contributed by atoms with Crippen LogP contribution in [0.3, 0.4) is 0 Å². The van der Waals surface area contributed by atoms with Gasteiger partial charge in [0.05, 0.1) is 6.61 Å². The molecule has 0 aliphatic rings. The van der Waals surface area contributed by atoms with Crippen LogP contribution in [0.2, 0.25) is 0 Å². The molecule has 5 heteroatoms. The molecule has 1 heterocycles. The van der Waals surface area contributed by atoms with Crippen LogP contribution in [0.25, 0.3) is 0 Å². The van der Waals surface area contributed by atoms with Gasteiger partial charge in [-0.15, -0.1) is 0 Å². The van der Waals surface area contributed by atoms with Crippen LogP contribution in [0.1, 0.15) is 30.8 Å². The molecule has 0 amide bonds. The van der Waals surface area contributed by atoms with E-state index in [1.165, 1.54) is 0 Å². The molecule has 1 aromatic heterocycles. The quantitative estimate of drug-likeness (QED) is 0.613. The molecule has 2 rings (SSSR count). The fraction of sp³-hybridized carbons (Fsp3) is 0.357. The van der Waals surface area contributed by atoms with Crippen LogP contribution in [-0.4, -0.2) is 16.2 Å². The first-order valence-corrected chi connectivity index (χ1v) is 6.42. The number of rotatable bonds is 6. The maximum Gasteiger partial charge on any atom is 0.131 e. The summed E-state index contributed by atoms with van der Waals surface area (Å²) in [7, 11) is 1.95. The van der Waals surface area contributed by atoms with E-state index in [4.69, 9.17) is 10.6 Å². The maximum absolute atomic E-state index is 5.67. The molecule has 0 aliphatic heterocycles. The molecule has 0 aliphatic carbocycles. The smallest absolute Gasteiger partial charge is 0.131 e. The topological polar surface area (TPSA) is 65.1 Å². The van der Waals surface area contributed by atoms with E-state index in [1.54, 1.807) is 6.20 Å². The summed E-state index contributed by atoms with van der Waals surface area (Å²) in [5, 5.41) is 0. The molecule has 5 nitrogen and oxygen atoms in total. The Bertz CT molecular complexity index is 524. The molecular formula is C14H20N4O. The van der Waals surface area contributed by atoms with Crippen LogP contribution >= 0.6 is 0 Å². The second-order valence-electron chi connectivity index (χ2n) is 4.42. The van der Waals surface area contributed by atoms with Crippen LogP contribution in [0.4, 0.5) is 0 Å². The molecule has 0 saturated carbocycles. The van der Waals surface area contributed by atoms with E-state index in [0.29, 0.717) is 6.61 Å². The Labute approximate surface area is 113 Å². The van der Waals surface area contributed by atoms with Crippen molar-refractivity contribution in [2.75, 3.05) is 6.61 Å². The van der Waals surface area contributed by atoms with Gasteiger partial charge in [-0.3, -0.25) is 5.84 Å². The first-order valence-electron chi connectivity index (χ1n) is 6.42. The van der Waals surface area contributed by atoms with E-state index in [1.807, 2.05) is 42.1 Å². The van der Waals surface area contributed by atoms with Gasteiger partial charge in [0.1, 0.15) is 17.6 Å². The molecule has 1 unspecified atom stereocenters. The largest absolute Gasteiger partial charge is 0.494 e. The Morgan fingerprint density at radius 2 is 2.32 bits per heavy atom. The summed E-state index contributed by atoms with van der Waals surface area (Å²) in [5.41, 5.74) is 3.84. The molecular weight excluding hydrogens is 240 g/mol.